The average Bonchev–Trinajstić information content (AvgIpc) is 3.43. The third kappa shape index (κ3) is 8.86. The van der Waals surface area contributed by atoms with Crippen LogP contribution < -0.4 is 27.4 Å². The van der Waals surface area contributed by atoms with Gasteiger partial charge in [0, 0.05) is 19.0 Å². The molecule has 0 aliphatic carbocycles. The van der Waals surface area contributed by atoms with E-state index in [4.69, 9.17) is 11.5 Å². The van der Waals surface area contributed by atoms with Gasteiger partial charge in [-0.25, -0.2) is 0 Å². The van der Waals surface area contributed by atoms with Crippen LogP contribution >= 0.6 is 0 Å². The molecule has 0 saturated carbocycles. The Balaban J connectivity index is 2.07. The fraction of sp³-hybridized carbons (Fsp3) is 0.593. The Labute approximate surface area is 243 Å². The SMILES string of the molecule is CC[C@H](C)[C@H](N)C(=O)NCC(=O)N1CCC[C@H]1C(=O)N[C@H](C(=O)N[C@@H](Cc1ccc(O)c([N+](=O)[O-])c1)C(N)=O)C(C)C. The number of nitrogens with two attached hydrogens (primary N) is 2. The van der Waals surface area contributed by atoms with Crippen LogP contribution in [0.1, 0.15) is 52.5 Å². The van der Waals surface area contributed by atoms with Crippen molar-refractivity contribution in [2.24, 2.45) is 23.3 Å². The van der Waals surface area contributed by atoms with Crippen LogP contribution in [0, 0.1) is 22.0 Å². The number of rotatable bonds is 14. The molecule has 5 atom stereocenters. The molecule has 42 heavy (non-hydrogen) atoms. The summed E-state index contributed by atoms with van der Waals surface area (Å²) in [5.41, 5.74) is 11.1. The smallest absolute Gasteiger partial charge is 0.310 e. The van der Waals surface area contributed by atoms with E-state index in [1.54, 1.807) is 13.8 Å². The third-order valence-electron chi connectivity index (χ3n) is 7.43. The van der Waals surface area contributed by atoms with Gasteiger partial charge < -0.3 is 37.4 Å². The lowest BCUT2D eigenvalue weighted by Crippen LogP contribution is -2.58. The minimum atomic E-state index is -1.27. The summed E-state index contributed by atoms with van der Waals surface area (Å²) in [5, 5.41) is 28.5. The lowest BCUT2D eigenvalue weighted by molar-refractivity contribution is -0.385. The molecule has 1 aliphatic rings. The number of phenolic OH excluding ortho intramolecular Hbond substituents is 1. The van der Waals surface area contributed by atoms with Crippen LogP contribution in [0.3, 0.4) is 0 Å². The number of amides is 5. The number of carbonyl (C=O) groups is 5. The van der Waals surface area contributed by atoms with E-state index in [2.05, 4.69) is 16.0 Å². The van der Waals surface area contributed by atoms with Gasteiger partial charge in [-0.2, -0.15) is 0 Å². The van der Waals surface area contributed by atoms with Crippen LogP contribution in [0.2, 0.25) is 0 Å². The lowest BCUT2D eigenvalue weighted by atomic mass is 9.99. The summed E-state index contributed by atoms with van der Waals surface area (Å²) in [4.78, 5) is 75.4. The Morgan fingerprint density at radius 3 is 2.38 bits per heavy atom. The highest BCUT2D eigenvalue weighted by atomic mass is 16.6. The first-order chi connectivity index (χ1) is 19.7. The number of nitro benzene ring substituents is 1. The maximum absolute atomic E-state index is 13.2. The summed E-state index contributed by atoms with van der Waals surface area (Å²) in [6.07, 6.45) is 1.40. The molecule has 0 spiro atoms. The molecule has 0 aromatic heterocycles. The number of nitrogens with zero attached hydrogens (tertiary/aromatic N) is 2. The van der Waals surface area contributed by atoms with Gasteiger partial charge in [0.1, 0.15) is 18.1 Å². The Hall–Kier alpha value is -4.27. The maximum atomic E-state index is 13.2. The third-order valence-corrected chi connectivity index (χ3v) is 7.43. The fourth-order valence-corrected chi connectivity index (χ4v) is 4.58. The van der Waals surface area contributed by atoms with Gasteiger partial charge in [-0.1, -0.05) is 40.2 Å². The van der Waals surface area contributed by atoms with Gasteiger partial charge in [0.05, 0.1) is 17.5 Å². The molecule has 15 heteroatoms. The summed E-state index contributed by atoms with van der Waals surface area (Å²) in [5.74, 6) is -4.15. The first-order valence-corrected chi connectivity index (χ1v) is 13.9. The molecule has 232 valence electrons. The van der Waals surface area contributed by atoms with E-state index in [1.807, 2.05) is 13.8 Å². The standard InChI is InChI=1S/C27H41N7O8/c1-5-15(4)22(28)26(39)30-13-21(36)33-10-6-7-18(33)25(38)32-23(14(2)3)27(40)31-17(24(29)37)11-16-8-9-20(35)19(12-16)34(41)42/h8-9,12,14-15,17-18,22-23,35H,5-7,10-11,13,28H2,1-4H3,(H2,29,37)(H,30,39)(H,31,40)(H,32,38)/t15-,17-,18-,22-,23-/m0/s1. The zero-order valence-electron chi connectivity index (χ0n) is 24.3. The number of nitrogens with one attached hydrogen (secondary N) is 3. The summed E-state index contributed by atoms with van der Waals surface area (Å²) >= 11 is 0. The Morgan fingerprint density at radius 2 is 1.81 bits per heavy atom. The second-order valence-electron chi connectivity index (χ2n) is 10.9. The number of hydrogen-bond donors (Lipinski definition) is 6. The van der Waals surface area contributed by atoms with Crippen LogP contribution in [0.15, 0.2) is 18.2 Å². The van der Waals surface area contributed by atoms with Gasteiger partial charge in [-0.15, -0.1) is 0 Å². The minimum absolute atomic E-state index is 0.0710. The monoisotopic (exact) mass is 591 g/mol. The second-order valence-corrected chi connectivity index (χ2v) is 10.9. The van der Waals surface area contributed by atoms with Gasteiger partial charge in [0.15, 0.2) is 5.75 Å². The van der Waals surface area contributed by atoms with E-state index < -0.39 is 76.0 Å². The second kappa shape index (κ2) is 15.1. The largest absolute Gasteiger partial charge is 0.502 e. The van der Waals surface area contributed by atoms with Gasteiger partial charge >= 0.3 is 5.69 Å². The Bertz CT molecular complexity index is 1190. The molecular weight excluding hydrogens is 550 g/mol. The first kappa shape index (κ1) is 33.9. The predicted octanol–water partition coefficient (Wildman–Crippen LogP) is -0.566. The van der Waals surface area contributed by atoms with Crippen LogP contribution in [0.4, 0.5) is 5.69 Å². The number of aromatic hydroxyl groups is 1. The molecule has 5 amide bonds. The van der Waals surface area contributed by atoms with Gasteiger partial charge in [-0.3, -0.25) is 34.1 Å². The molecule has 0 radical (unpaired) electrons. The van der Waals surface area contributed by atoms with Crippen molar-refractivity contribution in [2.75, 3.05) is 13.1 Å². The number of hydrogen-bond acceptors (Lipinski definition) is 9. The molecule has 0 bridgehead atoms. The van der Waals surface area contributed by atoms with E-state index in [0.717, 1.165) is 12.1 Å². The van der Waals surface area contributed by atoms with Crippen molar-refractivity contribution in [3.05, 3.63) is 33.9 Å². The van der Waals surface area contributed by atoms with Crippen LogP contribution in [0.25, 0.3) is 0 Å². The number of nitro groups is 1. The zero-order chi connectivity index (χ0) is 31.7. The van der Waals surface area contributed by atoms with Gasteiger partial charge in [0.2, 0.25) is 29.5 Å². The topological polar surface area (TPSA) is 240 Å². The summed E-state index contributed by atoms with van der Waals surface area (Å²) in [7, 11) is 0. The fourth-order valence-electron chi connectivity index (χ4n) is 4.58. The number of likely N-dealkylation sites (tertiary alicyclic amines) is 1. The van der Waals surface area contributed by atoms with Crippen molar-refractivity contribution < 1.29 is 34.0 Å². The molecule has 8 N–H and O–H groups in total. The number of primary amides is 1. The van der Waals surface area contributed by atoms with E-state index in [0.29, 0.717) is 25.8 Å². The summed E-state index contributed by atoms with van der Waals surface area (Å²) < 4.78 is 0. The van der Waals surface area contributed by atoms with Gasteiger partial charge in [-0.05, 0) is 36.3 Å². The molecule has 0 unspecified atom stereocenters. The maximum Gasteiger partial charge on any atom is 0.310 e. The van der Waals surface area contributed by atoms with Gasteiger partial charge in [0.25, 0.3) is 0 Å². The van der Waals surface area contributed by atoms with Crippen LogP contribution in [-0.2, 0) is 30.4 Å². The lowest BCUT2D eigenvalue weighted by Gasteiger charge is -2.29. The normalized spacial score (nSPS) is 17.6. The Morgan fingerprint density at radius 1 is 1.14 bits per heavy atom. The van der Waals surface area contributed by atoms with Crippen molar-refractivity contribution in [3.63, 3.8) is 0 Å². The number of carbonyl (C=O) groups excluding carboxylic acids is 5. The number of phenols is 1. The van der Waals surface area contributed by atoms with Crippen molar-refractivity contribution in [3.8, 4) is 5.75 Å². The highest BCUT2D eigenvalue weighted by molar-refractivity contribution is 5.95. The molecule has 1 saturated heterocycles. The molecule has 1 fully saturated rings. The van der Waals surface area contributed by atoms with Crippen molar-refractivity contribution in [1.29, 1.82) is 0 Å². The molecule has 1 aromatic carbocycles. The zero-order valence-corrected chi connectivity index (χ0v) is 24.3. The molecular formula is C27H41N7O8. The predicted molar refractivity (Wildman–Crippen MR) is 152 cm³/mol. The molecule has 15 nitrogen and oxygen atoms in total. The van der Waals surface area contributed by atoms with Crippen LogP contribution in [-0.4, -0.2) is 81.7 Å². The first-order valence-electron chi connectivity index (χ1n) is 13.9. The highest BCUT2D eigenvalue weighted by Gasteiger charge is 2.37. The molecule has 1 heterocycles. The number of benzene rings is 1. The average molecular weight is 592 g/mol. The van der Waals surface area contributed by atoms with E-state index in [9.17, 15) is 39.2 Å². The van der Waals surface area contributed by atoms with E-state index in [-0.39, 0.29) is 24.4 Å². The molecule has 1 aromatic rings. The van der Waals surface area contributed by atoms with Crippen molar-refractivity contribution >= 4 is 35.2 Å². The molecule has 2 rings (SSSR count). The van der Waals surface area contributed by atoms with E-state index >= 15 is 0 Å². The van der Waals surface area contributed by atoms with Crippen LogP contribution in [0.5, 0.6) is 5.75 Å². The highest BCUT2D eigenvalue weighted by Crippen LogP contribution is 2.27. The van der Waals surface area contributed by atoms with Crippen molar-refractivity contribution in [2.45, 2.75) is 77.5 Å². The quantitative estimate of drug-likeness (QED) is 0.120. The summed E-state index contributed by atoms with van der Waals surface area (Å²) in [6.45, 7) is 7.07. The summed E-state index contributed by atoms with van der Waals surface area (Å²) in [6, 6.07) is -0.460. The van der Waals surface area contributed by atoms with Crippen molar-refractivity contribution in [1.82, 2.24) is 20.9 Å². The molecule has 1 aliphatic heterocycles. The van der Waals surface area contributed by atoms with E-state index in [1.165, 1.54) is 11.0 Å². The minimum Gasteiger partial charge on any atom is -0.502 e. The Kier molecular flexibility index (Phi) is 12.2.